The lowest BCUT2D eigenvalue weighted by Crippen LogP contribution is -2.49. The van der Waals surface area contributed by atoms with E-state index in [2.05, 4.69) is 10.3 Å². The summed E-state index contributed by atoms with van der Waals surface area (Å²) in [6.45, 7) is 0.257. The average Bonchev–Trinajstić information content (AvgIpc) is 3.47. The average molecular weight is 477 g/mol. The molecule has 184 valence electrons. The van der Waals surface area contributed by atoms with Gasteiger partial charge >= 0.3 is 11.9 Å². The highest BCUT2D eigenvalue weighted by molar-refractivity contribution is 5.88. The van der Waals surface area contributed by atoms with Gasteiger partial charge in [-0.05, 0) is 49.9 Å². The second-order valence-corrected chi connectivity index (χ2v) is 8.70. The second kappa shape index (κ2) is 11.2. The molecule has 1 aliphatic rings. The maximum Gasteiger partial charge on any atom is 0.326 e. The zero-order valence-electron chi connectivity index (χ0n) is 19.0. The third-order valence-corrected chi connectivity index (χ3v) is 6.36. The van der Waals surface area contributed by atoms with Gasteiger partial charge in [-0.1, -0.05) is 12.8 Å². The Labute approximate surface area is 196 Å². The van der Waals surface area contributed by atoms with E-state index in [-0.39, 0.29) is 31.8 Å². The lowest BCUT2D eigenvalue weighted by atomic mass is 9.75. The first-order valence-electron chi connectivity index (χ1n) is 11.2. The van der Waals surface area contributed by atoms with E-state index in [1.807, 2.05) is 0 Å². The topological polar surface area (TPSA) is 139 Å². The van der Waals surface area contributed by atoms with Crippen molar-refractivity contribution in [2.75, 3.05) is 13.7 Å². The van der Waals surface area contributed by atoms with E-state index in [0.29, 0.717) is 24.2 Å². The van der Waals surface area contributed by atoms with Crippen LogP contribution in [0.2, 0.25) is 0 Å². The molecule has 1 aromatic heterocycles. The van der Waals surface area contributed by atoms with Crippen molar-refractivity contribution in [1.29, 1.82) is 0 Å². The Bertz CT molecular complexity index is 999. The van der Waals surface area contributed by atoms with E-state index < -0.39 is 41.0 Å². The molecule has 0 saturated heterocycles. The van der Waals surface area contributed by atoms with E-state index in [9.17, 15) is 29.0 Å². The fourth-order valence-corrected chi connectivity index (χ4v) is 4.46. The predicted octanol–water partition coefficient (Wildman–Crippen LogP) is 3.28. The van der Waals surface area contributed by atoms with Gasteiger partial charge in [0.05, 0.1) is 24.0 Å². The van der Waals surface area contributed by atoms with Crippen LogP contribution in [0.15, 0.2) is 34.9 Å². The van der Waals surface area contributed by atoms with Crippen LogP contribution in [0.5, 0.6) is 0 Å². The van der Waals surface area contributed by atoms with E-state index in [0.717, 1.165) is 12.8 Å². The number of ether oxygens (including phenoxy) is 1. The number of nitrogens with zero attached hydrogens (tertiary/aromatic N) is 1. The minimum Gasteiger partial charge on any atom is -0.481 e. The number of carboxylic acids is 2. The van der Waals surface area contributed by atoms with Gasteiger partial charge in [0.25, 0.3) is 0 Å². The molecule has 0 bridgehead atoms. The van der Waals surface area contributed by atoms with Crippen molar-refractivity contribution in [1.82, 2.24) is 10.3 Å². The summed E-state index contributed by atoms with van der Waals surface area (Å²) >= 11 is 0. The highest BCUT2D eigenvalue weighted by Gasteiger charge is 2.45. The number of aliphatic carboxylic acids is 2. The van der Waals surface area contributed by atoms with Crippen molar-refractivity contribution >= 4 is 17.8 Å². The molecule has 1 heterocycles. The fourth-order valence-electron chi connectivity index (χ4n) is 4.46. The van der Waals surface area contributed by atoms with Gasteiger partial charge in [0.15, 0.2) is 11.7 Å². The molecule has 2 atom stereocenters. The summed E-state index contributed by atoms with van der Waals surface area (Å²) in [6.07, 6.45) is 4.14. The van der Waals surface area contributed by atoms with Crippen molar-refractivity contribution in [3.8, 4) is 11.3 Å². The smallest absolute Gasteiger partial charge is 0.326 e. The van der Waals surface area contributed by atoms with Crippen LogP contribution in [0.25, 0.3) is 11.3 Å². The minimum atomic E-state index is -1.30. The van der Waals surface area contributed by atoms with E-state index in [1.165, 1.54) is 37.6 Å². The molecule has 1 saturated carbocycles. The van der Waals surface area contributed by atoms with Gasteiger partial charge in [-0.25, -0.2) is 14.2 Å². The highest BCUT2D eigenvalue weighted by atomic mass is 19.1. The normalized spacial score (nSPS) is 16.6. The van der Waals surface area contributed by atoms with Crippen LogP contribution >= 0.6 is 0 Å². The molecule has 3 N–H and O–H groups in total. The Balaban J connectivity index is 1.72. The maximum atomic E-state index is 13.3. The quantitative estimate of drug-likeness (QED) is 0.424. The Kier molecular flexibility index (Phi) is 8.38. The number of nitrogens with one attached hydrogen (secondary N) is 1. The van der Waals surface area contributed by atoms with E-state index in [1.54, 1.807) is 0 Å². The van der Waals surface area contributed by atoms with Crippen molar-refractivity contribution in [3.05, 3.63) is 42.2 Å². The Morgan fingerprint density at radius 2 is 1.85 bits per heavy atom. The Morgan fingerprint density at radius 1 is 1.18 bits per heavy atom. The maximum absolute atomic E-state index is 13.3. The predicted molar refractivity (Wildman–Crippen MR) is 118 cm³/mol. The summed E-state index contributed by atoms with van der Waals surface area (Å²) in [5.41, 5.74) is -0.364. The monoisotopic (exact) mass is 476 g/mol. The molecule has 3 rings (SSSR count). The third kappa shape index (κ3) is 6.19. The van der Waals surface area contributed by atoms with Gasteiger partial charge < -0.3 is 24.7 Å². The van der Waals surface area contributed by atoms with Crippen molar-refractivity contribution in [2.45, 2.75) is 51.0 Å². The zero-order chi connectivity index (χ0) is 24.7. The fraction of sp³-hybridized carbons (Fsp3) is 0.500. The van der Waals surface area contributed by atoms with Crippen LogP contribution in [0.4, 0.5) is 4.39 Å². The summed E-state index contributed by atoms with van der Waals surface area (Å²) in [7, 11) is 1.48. The molecule has 0 radical (unpaired) electrons. The van der Waals surface area contributed by atoms with E-state index >= 15 is 0 Å². The summed E-state index contributed by atoms with van der Waals surface area (Å²) < 4.78 is 23.8. The number of carbonyl (C=O) groups is 3. The highest BCUT2D eigenvalue weighted by Crippen LogP contribution is 2.44. The van der Waals surface area contributed by atoms with Crippen LogP contribution in [0.3, 0.4) is 0 Å². The van der Waals surface area contributed by atoms with Crippen molar-refractivity contribution < 1.29 is 38.1 Å². The van der Waals surface area contributed by atoms with Crippen LogP contribution < -0.4 is 5.32 Å². The number of hydrogen-bond donors (Lipinski definition) is 3. The van der Waals surface area contributed by atoms with Gasteiger partial charge in [0, 0.05) is 19.3 Å². The number of rotatable bonds is 12. The first-order chi connectivity index (χ1) is 16.2. The SMILES string of the molecule is COCC[C@H](CC1(C(=O)N[C@@H](Cc2ncc(-c3ccc(F)cc3)o2)C(=O)O)CCCC1)C(=O)O. The summed E-state index contributed by atoms with van der Waals surface area (Å²) in [4.78, 5) is 41.0. The molecule has 34 heavy (non-hydrogen) atoms. The van der Waals surface area contributed by atoms with Crippen LogP contribution in [-0.2, 0) is 25.5 Å². The molecule has 10 heteroatoms. The van der Waals surface area contributed by atoms with Gasteiger partial charge in [0.2, 0.25) is 5.91 Å². The summed E-state index contributed by atoms with van der Waals surface area (Å²) in [6, 6.07) is 4.28. The van der Waals surface area contributed by atoms with Crippen molar-refractivity contribution in [3.63, 3.8) is 0 Å². The molecule has 2 aromatic rings. The second-order valence-electron chi connectivity index (χ2n) is 8.70. The van der Waals surface area contributed by atoms with Gasteiger partial charge in [-0.15, -0.1) is 0 Å². The number of aromatic nitrogens is 1. The standard InChI is InChI=1S/C24H29FN2O7/c1-33-11-8-16(21(28)29)13-24(9-2-3-10-24)23(32)27-18(22(30)31)12-20-26-14-19(34-20)15-4-6-17(25)7-5-15/h4-7,14,16,18H,2-3,8-13H2,1H3,(H,27,32)(H,28,29)(H,30,31)/t16-,18+/m1/s1. The number of methoxy groups -OCH3 is 1. The van der Waals surface area contributed by atoms with Crippen LogP contribution in [0, 0.1) is 17.2 Å². The number of amides is 1. The molecule has 0 spiro atoms. The molecule has 1 amide bonds. The van der Waals surface area contributed by atoms with Crippen LogP contribution in [-0.4, -0.2) is 52.8 Å². The van der Waals surface area contributed by atoms with E-state index in [4.69, 9.17) is 9.15 Å². The van der Waals surface area contributed by atoms with Crippen molar-refractivity contribution in [2.24, 2.45) is 11.3 Å². The van der Waals surface area contributed by atoms with Gasteiger partial charge in [-0.2, -0.15) is 0 Å². The lowest BCUT2D eigenvalue weighted by molar-refractivity contribution is -0.147. The molecular formula is C24H29FN2O7. The molecule has 0 unspecified atom stereocenters. The molecule has 0 aliphatic heterocycles. The van der Waals surface area contributed by atoms with Crippen LogP contribution in [0.1, 0.15) is 44.4 Å². The van der Waals surface area contributed by atoms with Gasteiger partial charge in [-0.3, -0.25) is 9.59 Å². The largest absolute Gasteiger partial charge is 0.481 e. The third-order valence-electron chi connectivity index (χ3n) is 6.36. The zero-order valence-corrected chi connectivity index (χ0v) is 19.0. The molecule has 1 fully saturated rings. The molecular weight excluding hydrogens is 447 g/mol. The number of benzene rings is 1. The first-order valence-corrected chi connectivity index (χ1v) is 11.2. The summed E-state index contributed by atoms with van der Waals surface area (Å²) in [5, 5.41) is 21.9. The van der Waals surface area contributed by atoms with Gasteiger partial charge in [0.1, 0.15) is 11.9 Å². The number of carboxylic acid groups (broad SMARTS) is 2. The number of hydrogen-bond acceptors (Lipinski definition) is 6. The first kappa shape index (κ1) is 25.4. The summed E-state index contributed by atoms with van der Waals surface area (Å²) in [5.74, 6) is -3.43. The number of oxazole rings is 1. The number of halogens is 1. The minimum absolute atomic E-state index is 0.107. The molecule has 1 aromatic carbocycles. The Morgan fingerprint density at radius 3 is 2.44 bits per heavy atom. The lowest BCUT2D eigenvalue weighted by Gasteiger charge is -2.31. The molecule has 9 nitrogen and oxygen atoms in total. The number of carbonyl (C=O) groups excluding carboxylic acids is 1. The molecule has 1 aliphatic carbocycles. The Hall–Kier alpha value is -3.27.